The zero-order chi connectivity index (χ0) is 27.6. The second kappa shape index (κ2) is 11.7. The van der Waals surface area contributed by atoms with E-state index in [-0.39, 0.29) is 30.8 Å². The first kappa shape index (κ1) is 27.6. The van der Waals surface area contributed by atoms with Crippen LogP contribution in [0.2, 0.25) is 0 Å². The fourth-order valence-electron chi connectivity index (χ4n) is 5.70. The zero-order valence-corrected chi connectivity index (χ0v) is 24.5. The van der Waals surface area contributed by atoms with Gasteiger partial charge in [0.15, 0.2) is 0 Å². The van der Waals surface area contributed by atoms with Gasteiger partial charge >= 0.3 is 0 Å². The van der Waals surface area contributed by atoms with Gasteiger partial charge in [0.25, 0.3) is 10.0 Å². The summed E-state index contributed by atoms with van der Waals surface area (Å²) in [5.74, 6) is -0.317. The molecule has 3 aromatic rings. The summed E-state index contributed by atoms with van der Waals surface area (Å²) in [6.45, 7) is 2.26. The number of carbonyl (C=O) groups is 2. The largest absolute Gasteiger partial charge is 0.352 e. The van der Waals surface area contributed by atoms with Crippen LogP contribution in [-0.2, 0) is 26.2 Å². The Morgan fingerprint density at radius 3 is 2.51 bits per heavy atom. The molecule has 5 rings (SSSR count). The van der Waals surface area contributed by atoms with E-state index in [1.54, 1.807) is 24.0 Å². The van der Waals surface area contributed by atoms with Crippen molar-refractivity contribution in [2.45, 2.75) is 75.4 Å². The number of nitrogens with zero attached hydrogens (tertiary/aromatic N) is 2. The predicted molar refractivity (Wildman–Crippen MR) is 157 cm³/mol. The minimum absolute atomic E-state index is 0.132. The molecule has 0 saturated heterocycles. The number of rotatable bonds is 9. The summed E-state index contributed by atoms with van der Waals surface area (Å²) >= 11 is 3.49. The lowest BCUT2D eigenvalue weighted by atomic mass is 9.95. The van der Waals surface area contributed by atoms with E-state index >= 15 is 0 Å². The lowest BCUT2D eigenvalue weighted by molar-refractivity contribution is -0.141. The molecule has 1 heterocycles. The van der Waals surface area contributed by atoms with Crippen molar-refractivity contribution in [3.8, 4) is 0 Å². The highest BCUT2D eigenvalue weighted by molar-refractivity contribution is 9.10. The number of hydrogen-bond donors (Lipinski definition) is 1. The third kappa shape index (κ3) is 5.84. The van der Waals surface area contributed by atoms with E-state index in [4.69, 9.17) is 0 Å². The highest BCUT2D eigenvalue weighted by atomic mass is 79.9. The highest BCUT2D eigenvalue weighted by Gasteiger charge is 2.35. The van der Waals surface area contributed by atoms with Crippen LogP contribution in [0.1, 0.15) is 57.4 Å². The SMILES string of the molecule is C[C@@H](C(=O)NC1CCCCC1)N(Cc1cccc(Br)c1)C(=O)CCCN1c2cccc3cccc(c23)S1(=O)=O. The minimum Gasteiger partial charge on any atom is -0.352 e. The molecule has 0 aromatic heterocycles. The van der Waals surface area contributed by atoms with Crippen molar-refractivity contribution >= 4 is 54.2 Å². The van der Waals surface area contributed by atoms with E-state index in [2.05, 4.69) is 21.2 Å². The van der Waals surface area contributed by atoms with Gasteiger partial charge < -0.3 is 10.2 Å². The molecule has 1 atom stereocenters. The maximum Gasteiger partial charge on any atom is 0.265 e. The maximum atomic E-state index is 13.6. The molecule has 9 heteroatoms. The first-order valence-electron chi connectivity index (χ1n) is 13.6. The first-order valence-corrected chi connectivity index (χ1v) is 15.9. The van der Waals surface area contributed by atoms with Crippen LogP contribution in [-0.4, -0.2) is 43.8 Å². The number of hydrogen-bond acceptors (Lipinski definition) is 4. The Labute approximate surface area is 238 Å². The van der Waals surface area contributed by atoms with Gasteiger partial charge in [-0.3, -0.25) is 13.9 Å². The lowest BCUT2D eigenvalue weighted by Crippen LogP contribution is -2.50. The van der Waals surface area contributed by atoms with Crippen molar-refractivity contribution in [2.24, 2.45) is 0 Å². The summed E-state index contributed by atoms with van der Waals surface area (Å²) in [5.41, 5.74) is 1.57. The summed E-state index contributed by atoms with van der Waals surface area (Å²) in [5, 5.41) is 4.77. The predicted octanol–water partition coefficient (Wildman–Crippen LogP) is 5.76. The molecule has 206 valence electrons. The molecule has 1 aliphatic carbocycles. The van der Waals surface area contributed by atoms with Crippen molar-refractivity contribution < 1.29 is 18.0 Å². The number of amides is 2. The molecule has 1 fully saturated rings. The van der Waals surface area contributed by atoms with Crippen molar-refractivity contribution in [1.82, 2.24) is 10.2 Å². The Morgan fingerprint density at radius 1 is 1.05 bits per heavy atom. The van der Waals surface area contributed by atoms with Crippen LogP contribution in [0.4, 0.5) is 5.69 Å². The molecule has 39 heavy (non-hydrogen) atoms. The Balaban J connectivity index is 1.29. The van der Waals surface area contributed by atoms with Crippen LogP contribution in [0.5, 0.6) is 0 Å². The molecule has 2 aliphatic rings. The number of benzene rings is 3. The minimum atomic E-state index is -3.68. The summed E-state index contributed by atoms with van der Waals surface area (Å²) in [6, 6.07) is 18.1. The third-order valence-electron chi connectivity index (χ3n) is 7.79. The van der Waals surface area contributed by atoms with Crippen molar-refractivity contribution in [3.05, 3.63) is 70.7 Å². The normalized spacial score (nSPS) is 17.2. The standard InChI is InChI=1S/C30H34BrN3O4S/c1-21(30(36)32-25-13-3-2-4-14-25)33(20-22-9-5-12-24(31)19-22)28(35)17-8-18-34-26-15-6-10-23-11-7-16-27(29(23)26)39(34,37)38/h5-7,9-12,15-16,19,21,25H,2-4,8,13-14,17-18,20H2,1H3,(H,32,36)/t21-/m0/s1. The van der Waals surface area contributed by atoms with Gasteiger partial charge in [-0.05, 0) is 61.4 Å². The highest BCUT2D eigenvalue weighted by Crippen LogP contribution is 2.42. The lowest BCUT2D eigenvalue weighted by Gasteiger charge is -2.31. The average molecular weight is 613 g/mol. The van der Waals surface area contributed by atoms with Gasteiger partial charge in [-0.2, -0.15) is 0 Å². The van der Waals surface area contributed by atoms with Gasteiger partial charge in [0.05, 0.1) is 10.6 Å². The van der Waals surface area contributed by atoms with E-state index in [0.29, 0.717) is 23.5 Å². The Kier molecular flexibility index (Phi) is 8.28. The first-order chi connectivity index (χ1) is 18.8. The van der Waals surface area contributed by atoms with Crippen molar-refractivity contribution in [3.63, 3.8) is 0 Å². The monoisotopic (exact) mass is 611 g/mol. The molecule has 0 bridgehead atoms. The zero-order valence-electron chi connectivity index (χ0n) is 22.1. The number of sulfonamides is 1. The van der Waals surface area contributed by atoms with Crippen molar-refractivity contribution in [2.75, 3.05) is 10.8 Å². The molecular formula is C30H34BrN3O4S. The van der Waals surface area contributed by atoms with Gasteiger partial charge in [0.1, 0.15) is 6.04 Å². The maximum absolute atomic E-state index is 13.6. The van der Waals surface area contributed by atoms with Crippen LogP contribution in [0.15, 0.2) is 70.0 Å². The van der Waals surface area contributed by atoms with E-state index in [1.165, 1.54) is 10.7 Å². The van der Waals surface area contributed by atoms with E-state index in [9.17, 15) is 18.0 Å². The molecular weight excluding hydrogens is 578 g/mol. The van der Waals surface area contributed by atoms with E-state index < -0.39 is 16.1 Å². The molecule has 3 aromatic carbocycles. The van der Waals surface area contributed by atoms with Crippen LogP contribution in [0, 0.1) is 0 Å². The third-order valence-corrected chi connectivity index (χ3v) is 10.1. The van der Waals surface area contributed by atoms with Gasteiger partial charge in [0.2, 0.25) is 11.8 Å². The number of halogens is 1. The Morgan fingerprint density at radius 2 is 1.77 bits per heavy atom. The molecule has 7 nitrogen and oxygen atoms in total. The smallest absolute Gasteiger partial charge is 0.265 e. The number of anilines is 1. The van der Waals surface area contributed by atoms with Crippen LogP contribution >= 0.6 is 15.9 Å². The fourth-order valence-corrected chi connectivity index (χ4v) is 7.90. The molecule has 2 amide bonds. The van der Waals surface area contributed by atoms with Gasteiger partial charge in [-0.25, -0.2) is 8.42 Å². The fraction of sp³-hybridized carbons (Fsp3) is 0.400. The average Bonchev–Trinajstić information content (AvgIpc) is 3.15. The molecule has 1 saturated carbocycles. The summed E-state index contributed by atoms with van der Waals surface area (Å²) < 4.78 is 28.9. The Hall–Kier alpha value is -2.91. The van der Waals surface area contributed by atoms with Gasteiger partial charge in [-0.1, -0.05) is 71.6 Å². The Bertz CT molecular complexity index is 1480. The molecule has 0 spiro atoms. The van der Waals surface area contributed by atoms with Crippen LogP contribution in [0.25, 0.3) is 10.8 Å². The van der Waals surface area contributed by atoms with E-state index in [1.807, 2.05) is 48.5 Å². The van der Waals surface area contributed by atoms with Crippen LogP contribution in [0.3, 0.4) is 0 Å². The summed E-state index contributed by atoms with van der Waals surface area (Å²) in [7, 11) is -3.68. The second-order valence-electron chi connectivity index (χ2n) is 10.5. The molecule has 0 unspecified atom stereocenters. The van der Waals surface area contributed by atoms with Crippen LogP contribution < -0.4 is 9.62 Å². The van der Waals surface area contributed by atoms with Crippen molar-refractivity contribution in [1.29, 1.82) is 0 Å². The second-order valence-corrected chi connectivity index (χ2v) is 13.2. The van der Waals surface area contributed by atoms with Gasteiger partial charge in [-0.15, -0.1) is 0 Å². The number of carbonyl (C=O) groups excluding carboxylic acids is 2. The number of nitrogens with one attached hydrogen (secondary N) is 1. The molecule has 1 N–H and O–H groups in total. The van der Waals surface area contributed by atoms with E-state index in [0.717, 1.165) is 46.5 Å². The summed E-state index contributed by atoms with van der Waals surface area (Å²) in [4.78, 5) is 28.7. The molecule has 1 aliphatic heterocycles. The quantitative estimate of drug-likeness (QED) is 0.333. The summed E-state index contributed by atoms with van der Waals surface area (Å²) in [6.07, 6.45) is 5.83. The van der Waals surface area contributed by atoms with Gasteiger partial charge in [0, 0.05) is 35.4 Å². The molecule has 0 radical (unpaired) electrons. The topological polar surface area (TPSA) is 86.8 Å².